The minimum absolute atomic E-state index is 0.274. The molecule has 2 aliphatic heterocycles. The Balaban J connectivity index is 1.47. The topological polar surface area (TPSA) is 116 Å². The Kier molecular flexibility index (Phi) is 7.28. The number of amides is 4. The molecule has 2 heterocycles. The monoisotopic (exact) mass is 493 g/mol. The predicted octanol–water partition coefficient (Wildman–Crippen LogP) is 3.64. The molecule has 0 aliphatic carbocycles. The number of β-lactam (4-membered cyclic amide) rings is 1. The molecule has 2 atom stereocenters. The normalized spacial score (nSPS) is 20.6. The number of nitrogens with one attached hydrogen (secondary N) is 1. The lowest BCUT2D eigenvalue weighted by Gasteiger charge is -2.53. The first kappa shape index (κ1) is 25.2. The summed E-state index contributed by atoms with van der Waals surface area (Å²) in [5, 5.41) is 12.2. The van der Waals surface area contributed by atoms with Crippen molar-refractivity contribution in [3.05, 3.63) is 65.7 Å². The zero-order valence-corrected chi connectivity index (χ0v) is 20.5. The van der Waals surface area contributed by atoms with Gasteiger partial charge in [0.15, 0.2) is 6.23 Å². The lowest BCUT2D eigenvalue weighted by molar-refractivity contribution is -0.190. The lowest BCUT2D eigenvalue weighted by Crippen LogP contribution is -2.73. The number of carboxylic acid groups (broad SMARTS) is 1. The van der Waals surface area contributed by atoms with Gasteiger partial charge in [0.25, 0.3) is 5.91 Å². The van der Waals surface area contributed by atoms with Gasteiger partial charge in [-0.25, -0.2) is 14.5 Å². The minimum Gasteiger partial charge on any atom is -0.480 e. The summed E-state index contributed by atoms with van der Waals surface area (Å²) in [5.41, 5.74) is 0.454. The van der Waals surface area contributed by atoms with Gasteiger partial charge < -0.3 is 20.1 Å². The van der Waals surface area contributed by atoms with Crippen LogP contribution in [0.4, 0.5) is 4.79 Å². The number of likely N-dealkylation sites (tertiary alicyclic amines) is 2. The third kappa shape index (κ3) is 4.53. The number of benzene rings is 2. The van der Waals surface area contributed by atoms with Gasteiger partial charge in [0.05, 0.1) is 0 Å². The van der Waals surface area contributed by atoms with Crippen molar-refractivity contribution in [2.24, 2.45) is 5.41 Å². The third-order valence-electron chi connectivity index (χ3n) is 7.27. The van der Waals surface area contributed by atoms with Gasteiger partial charge in [0, 0.05) is 18.7 Å². The van der Waals surface area contributed by atoms with Gasteiger partial charge in [0.2, 0.25) is 5.91 Å². The molecule has 2 N–H and O–H groups in total. The van der Waals surface area contributed by atoms with Gasteiger partial charge >= 0.3 is 12.0 Å². The average molecular weight is 494 g/mol. The molecular weight excluding hydrogens is 462 g/mol. The molecule has 2 saturated heterocycles. The van der Waals surface area contributed by atoms with Crippen LogP contribution in [0.5, 0.6) is 5.75 Å². The van der Waals surface area contributed by atoms with Crippen LogP contribution in [-0.2, 0) is 16.1 Å². The van der Waals surface area contributed by atoms with Crippen LogP contribution in [0, 0.1) is 5.41 Å². The highest BCUT2D eigenvalue weighted by molar-refractivity contribution is 6.03. The van der Waals surface area contributed by atoms with Crippen molar-refractivity contribution in [3.8, 4) is 5.75 Å². The van der Waals surface area contributed by atoms with Crippen molar-refractivity contribution < 1.29 is 29.0 Å². The van der Waals surface area contributed by atoms with Crippen LogP contribution < -0.4 is 10.1 Å². The van der Waals surface area contributed by atoms with Crippen LogP contribution in [-0.4, -0.2) is 57.5 Å². The van der Waals surface area contributed by atoms with E-state index in [0.29, 0.717) is 43.5 Å². The van der Waals surface area contributed by atoms with Gasteiger partial charge in [-0.3, -0.25) is 9.59 Å². The molecule has 0 spiro atoms. The number of imide groups is 1. The molecule has 0 saturated carbocycles. The molecular formula is C27H31N3O6. The molecule has 0 bridgehead atoms. The molecule has 1 unspecified atom stereocenters. The Morgan fingerprint density at radius 3 is 2.33 bits per heavy atom. The van der Waals surface area contributed by atoms with E-state index in [9.17, 15) is 24.3 Å². The first-order valence-corrected chi connectivity index (χ1v) is 12.3. The van der Waals surface area contributed by atoms with Crippen molar-refractivity contribution in [2.45, 2.75) is 58.3 Å². The minimum atomic E-state index is -1.00. The van der Waals surface area contributed by atoms with Crippen LogP contribution in [0.1, 0.15) is 55.5 Å². The fraction of sp³-hybridized carbons (Fsp3) is 0.407. The molecule has 2 aliphatic rings. The number of carbonyl (C=O) groups excluding carboxylic acids is 3. The van der Waals surface area contributed by atoms with Crippen molar-refractivity contribution >= 4 is 23.8 Å². The Labute approximate surface area is 210 Å². The van der Waals surface area contributed by atoms with Crippen molar-refractivity contribution in [1.29, 1.82) is 0 Å². The van der Waals surface area contributed by atoms with E-state index in [4.69, 9.17) is 4.74 Å². The highest BCUT2D eigenvalue weighted by atomic mass is 16.5. The molecule has 2 aromatic rings. The average Bonchev–Trinajstić information content (AvgIpc) is 3.39. The second-order valence-electron chi connectivity index (χ2n) is 9.17. The summed E-state index contributed by atoms with van der Waals surface area (Å²) in [6.45, 7) is 4.48. The summed E-state index contributed by atoms with van der Waals surface area (Å²) in [6, 6.07) is 14.5. The van der Waals surface area contributed by atoms with E-state index in [-0.39, 0.29) is 18.4 Å². The zero-order chi connectivity index (χ0) is 25.9. The summed E-state index contributed by atoms with van der Waals surface area (Å²) >= 11 is 0. The van der Waals surface area contributed by atoms with Crippen LogP contribution in [0.15, 0.2) is 54.6 Å². The molecule has 0 aromatic heterocycles. The second kappa shape index (κ2) is 10.4. The summed E-state index contributed by atoms with van der Waals surface area (Å²) in [4.78, 5) is 52.8. The van der Waals surface area contributed by atoms with Crippen molar-refractivity contribution in [1.82, 2.24) is 15.1 Å². The quantitative estimate of drug-likeness (QED) is 0.543. The number of hydrogen-bond donors (Lipinski definition) is 2. The van der Waals surface area contributed by atoms with E-state index in [0.717, 1.165) is 10.5 Å². The smallest absolute Gasteiger partial charge is 0.327 e. The number of rotatable bonds is 8. The van der Waals surface area contributed by atoms with E-state index in [1.165, 1.54) is 4.90 Å². The fourth-order valence-corrected chi connectivity index (χ4v) is 4.99. The molecule has 190 valence electrons. The van der Waals surface area contributed by atoms with Gasteiger partial charge in [-0.15, -0.1) is 0 Å². The number of ether oxygens (including phenoxy) is 1. The van der Waals surface area contributed by atoms with E-state index in [2.05, 4.69) is 5.32 Å². The number of carboxylic acids is 1. The number of nitrogens with zero attached hydrogens (tertiary/aromatic N) is 2. The Hall–Kier alpha value is -3.88. The highest BCUT2D eigenvalue weighted by Crippen LogP contribution is 2.46. The molecule has 36 heavy (non-hydrogen) atoms. The maximum Gasteiger partial charge on any atom is 0.327 e. The SMILES string of the molecule is CCC1(CC)C(=O)N(C(=O)NCc2ccccc2)C1Oc1ccc(C(=O)N2CCC[C@@H]2C(=O)O)cc1. The predicted molar refractivity (Wildman–Crippen MR) is 131 cm³/mol. The standard InChI is InChI=1S/C27H31N3O6/c1-3-27(4-2)24(34)30(26(35)28-17-18-9-6-5-7-10-18)25(27)36-20-14-12-19(13-15-20)22(31)29-16-8-11-21(29)23(32)33/h5-7,9-10,12-15,21,25H,3-4,8,11,16-17H2,1-2H3,(H,28,35)(H,32,33)/t21-,25?/m1/s1. The van der Waals surface area contributed by atoms with E-state index >= 15 is 0 Å². The van der Waals surface area contributed by atoms with E-state index in [1.54, 1.807) is 24.3 Å². The molecule has 9 heteroatoms. The Morgan fingerprint density at radius 1 is 1.06 bits per heavy atom. The Bertz CT molecular complexity index is 1130. The van der Waals surface area contributed by atoms with Crippen molar-refractivity contribution in [3.63, 3.8) is 0 Å². The van der Waals surface area contributed by atoms with Crippen LogP contribution in [0.25, 0.3) is 0 Å². The number of aliphatic carboxylic acids is 1. The largest absolute Gasteiger partial charge is 0.480 e. The fourth-order valence-electron chi connectivity index (χ4n) is 4.99. The molecule has 0 radical (unpaired) electrons. The van der Waals surface area contributed by atoms with E-state index < -0.39 is 29.7 Å². The van der Waals surface area contributed by atoms with Crippen LogP contribution in [0.3, 0.4) is 0 Å². The van der Waals surface area contributed by atoms with E-state index in [1.807, 2.05) is 44.2 Å². The number of carbonyl (C=O) groups is 4. The van der Waals surface area contributed by atoms with Gasteiger partial charge in [-0.1, -0.05) is 44.2 Å². The third-order valence-corrected chi connectivity index (χ3v) is 7.27. The molecule has 4 rings (SSSR count). The summed E-state index contributed by atoms with van der Waals surface area (Å²) in [6.07, 6.45) is 1.33. The summed E-state index contributed by atoms with van der Waals surface area (Å²) < 4.78 is 6.15. The maximum absolute atomic E-state index is 13.1. The zero-order valence-electron chi connectivity index (χ0n) is 20.5. The maximum atomic E-state index is 13.1. The van der Waals surface area contributed by atoms with Gasteiger partial charge in [0.1, 0.15) is 17.2 Å². The van der Waals surface area contributed by atoms with Crippen LogP contribution in [0.2, 0.25) is 0 Å². The summed E-state index contributed by atoms with van der Waals surface area (Å²) in [7, 11) is 0. The van der Waals surface area contributed by atoms with Gasteiger partial charge in [-0.2, -0.15) is 0 Å². The molecule has 2 aromatic carbocycles. The Morgan fingerprint density at radius 2 is 1.72 bits per heavy atom. The van der Waals surface area contributed by atoms with Crippen LogP contribution >= 0.6 is 0 Å². The second-order valence-corrected chi connectivity index (χ2v) is 9.17. The lowest BCUT2D eigenvalue weighted by atomic mass is 9.72. The number of hydrogen-bond acceptors (Lipinski definition) is 5. The highest BCUT2D eigenvalue weighted by Gasteiger charge is 2.62. The van der Waals surface area contributed by atoms with Crippen molar-refractivity contribution in [2.75, 3.05) is 6.54 Å². The number of urea groups is 1. The first-order chi connectivity index (χ1) is 17.3. The molecule has 9 nitrogen and oxygen atoms in total. The molecule has 2 fully saturated rings. The van der Waals surface area contributed by atoms with Gasteiger partial charge in [-0.05, 0) is 55.5 Å². The summed E-state index contributed by atoms with van der Waals surface area (Å²) in [5.74, 6) is -1.21. The first-order valence-electron chi connectivity index (χ1n) is 12.3. The molecule has 4 amide bonds.